The summed E-state index contributed by atoms with van der Waals surface area (Å²) in [4.78, 5) is 11.9. The molecule has 0 fully saturated rings. The Bertz CT molecular complexity index is 921. The Hall–Kier alpha value is -3.58. The van der Waals surface area contributed by atoms with Gasteiger partial charge in [-0.15, -0.1) is 0 Å². The lowest BCUT2D eigenvalue weighted by Gasteiger charge is -2.08. The Morgan fingerprint density at radius 2 is 1.46 bits per heavy atom. The molecule has 4 nitrogen and oxygen atoms in total. The molecular formula is C22H17NO3. The van der Waals surface area contributed by atoms with Gasteiger partial charge in [0.15, 0.2) is 0 Å². The highest BCUT2D eigenvalue weighted by Gasteiger charge is 2.06. The van der Waals surface area contributed by atoms with Gasteiger partial charge in [-0.1, -0.05) is 42.0 Å². The summed E-state index contributed by atoms with van der Waals surface area (Å²) in [5, 5.41) is 8.84. The third-order valence-corrected chi connectivity index (χ3v) is 3.90. The molecular weight excluding hydrogens is 326 g/mol. The first-order valence-electron chi connectivity index (χ1n) is 8.13. The van der Waals surface area contributed by atoms with Gasteiger partial charge in [0.25, 0.3) is 0 Å². The number of nitrogens with zero attached hydrogens (tertiary/aromatic N) is 1. The van der Waals surface area contributed by atoms with Gasteiger partial charge in [0, 0.05) is 0 Å². The van der Waals surface area contributed by atoms with Crippen molar-refractivity contribution in [3.05, 3.63) is 89.5 Å². The maximum atomic E-state index is 11.9. The Balaban J connectivity index is 1.55. The van der Waals surface area contributed by atoms with Crippen molar-refractivity contribution >= 4 is 5.97 Å². The molecule has 0 N–H and O–H groups in total. The predicted molar refractivity (Wildman–Crippen MR) is 98.7 cm³/mol. The van der Waals surface area contributed by atoms with E-state index < -0.39 is 5.97 Å². The first kappa shape index (κ1) is 17.2. The van der Waals surface area contributed by atoms with Gasteiger partial charge in [0.05, 0.1) is 17.2 Å². The summed E-state index contributed by atoms with van der Waals surface area (Å²) in [5.41, 5.74) is 4.24. The predicted octanol–water partition coefficient (Wildman–Crippen LogP) is 4.73. The standard InChI is InChI=1S/C22H17NO3/c1-16-2-6-20(7-3-16)22(24)26-15-25-21-12-10-19(11-13-21)18-8-4-17(14-23)5-9-18/h2-13H,15H2,1H3. The molecule has 26 heavy (non-hydrogen) atoms. The molecule has 0 saturated carbocycles. The monoisotopic (exact) mass is 343 g/mol. The second kappa shape index (κ2) is 8.00. The van der Waals surface area contributed by atoms with Crippen LogP contribution in [0, 0.1) is 18.3 Å². The second-order valence-electron chi connectivity index (χ2n) is 5.77. The van der Waals surface area contributed by atoms with Crippen molar-refractivity contribution in [2.24, 2.45) is 0 Å². The quantitative estimate of drug-likeness (QED) is 0.496. The molecule has 0 radical (unpaired) electrons. The molecule has 3 aromatic rings. The van der Waals surface area contributed by atoms with E-state index >= 15 is 0 Å². The van der Waals surface area contributed by atoms with Crippen molar-refractivity contribution in [1.82, 2.24) is 0 Å². The van der Waals surface area contributed by atoms with Gasteiger partial charge in [-0.2, -0.15) is 5.26 Å². The topological polar surface area (TPSA) is 59.3 Å². The molecule has 3 rings (SSSR count). The lowest BCUT2D eigenvalue weighted by atomic mass is 10.0. The summed E-state index contributed by atoms with van der Waals surface area (Å²) in [6.45, 7) is 1.81. The molecule has 0 spiro atoms. The fourth-order valence-electron chi connectivity index (χ4n) is 2.40. The zero-order valence-corrected chi connectivity index (χ0v) is 14.3. The lowest BCUT2D eigenvalue weighted by molar-refractivity contribution is 0.0154. The molecule has 0 aliphatic rings. The maximum Gasteiger partial charge on any atom is 0.340 e. The Kier molecular flexibility index (Phi) is 5.31. The van der Waals surface area contributed by atoms with E-state index in [4.69, 9.17) is 14.7 Å². The number of esters is 1. The summed E-state index contributed by atoms with van der Waals surface area (Å²) >= 11 is 0. The molecule has 128 valence electrons. The largest absolute Gasteiger partial charge is 0.457 e. The minimum Gasteiger partial charge on any atom is -0.457 e. The summed E-state index contributed by atoms with van der Waals surface area (Å²) in [6, 6.07) is 24.1. The summed E-state index contributed by atoms with van der Waals surface area (Å²) in [7, 11) is 0. The number of ether oxygens (including phenoxy) is 2. The molecule has 0 aliphatic carbocycles. The third kappa shape index (κ3) is 4.28. The van der Waals surface area contributed by atoms with Gasteiger partial charge in [0.2, 0.25) is 6.79 Å². The smallest absolute Gasteiger partial charge is 0.340 e. The van der Waals surface area contributed by atoms with Crippen LogP contribution in [0.1, 0.15) is 21.5 Å². The zero-order chi connectivity index (χ0) is 18.4. The van der Waals surface area contributed by atoms with Crippen molar-refractivity contribution in [2.45, 2.75) is 6.92 Å². The van der Waals surface area contributed by atoms with Gasteiger partial charge in [0.1, 0.15) is 5.75 Å². The number of hydrogen-bond donors (Lipinski definition) is 0. The Labute approximate surface area is 152 Å². The summed E-state index contributed by atoms with van der Waals surface area (Å²) in [6.07, 6.45) is 0. The number of benzene rings is 3. The van der Waals surface area contributed by atoms with Crippen LogP contribution in [0.4, 0.5) is 0 Å². The van der Waals surface area contributed by atoms with Crippen molar-refractivity contribution in [1.29, 1.82) is 5.26 Å². The molecule has 0 atom stereocenters. The number of aryl methyl sites for hydroxylation is 1. The van der Waals surface area contributed by atoms with Crippen LogP contribution < -0.4 is 4.74 Å². The van der Waals surface area contributed by atoms with Crippen molar-refractivity contribution in [3.63, 3.8) is 0 Å². The van der Waals surface area contributed by atoms with Crippen LogP contribution in [-0.2, 0) is 4.74 Å². The average molecular weight is 343 g/mol. The van der Waals surface area contributed by atoms with Crippen LogP contribution in [-0.4, -0.2) is 12.8 Å². The molecule has 0 bridgehead atoms. The van der Waals surface area contributed by atoms with E-state index in [-0.39, 0.29) is 6.79 Å². The normalized spacial score (nSPS) is 10.0. The summed E-state index contributed by atoms with van der Waals surface area (Å²) in [5.74, 6) is 0.193. The highest BCUT2D eigenvalue weighted by atomic mass is 16.7. The fraction of sp³-hybridized carbons (Fsp3) is 0.0909. The highest BCUT2D eigenvalue weighted by molar-refractivity contribution is 5.89. The van der Waals surface area contributed by atoms with Gasteiger partial charge in [-0.05, 0) is 54.4 Å². The van der Waals surface area contributed by atoms with Crippen LogP contribution >= 0.6 is 0 Å². The Morgan fingerprint density at radius 3 is 2.04 bits per heavy atom. The first-order chi connectivity index (χ1) is 12.7. The van der Waals surface area contributed by atoms with E-state index in [0.717, 1.165) is 16.7 Å². The van der Waals surface area contributed by atoms with E-state index in [1.165, 1.54) is 0 Å². The highest BCUT2D eigenvalue weighted by Crippen LogP contribution is 2.22. The number of hydrogen-bond acceptors (Lipinski definition) is 4. The molecule has 0 amide bonds. The SMILES string of the molecule is Cc1ccc(C(=O)OCOc2ccc(-c3ccc(C#N)cc3)cc2)cc1. The van der Waals surface area contributed by atoms with E-state index in [9.17, 15) is 4.79 Å². The maximum absolute atomic E-state index is 11.9. The Morgan fingerprint density at radius 1 is 0.885 bits per heavy atom. The van der Waals surface area contributed by atoms with Crippen LogP contribution in [0.15, 0.2) is 72.8 Å². The van der Waals surface area contributed by atoms with Crippen molar-refractivity contribution in [2.75, 3.05) is 6.79 Å². The zero-order valence-electron chi connectivity index (χ0n) is 14.3. The summed E-state index contributed by atoms with van der Waals surface area (Å²) < 4.78 is 10.6. The molecule has 0 aromatic heterocycles. The lowest BCUT2D eigenvalue weighted by Crippen LogP contribution is -2.10. The first-order valence-corrected chi connectivity index (χ1v) is 8.13. The molecule has 3 aromatic carbocycles. The van der Waals surface area contributed by atoms with Crippen LogP contribution in [0.5, 0.6) is 5.75 Å². The number of nitriles is 1. The van der Waals surface area contributed by atoms with E-state index in [1.54, 1.807) is 24.3 Å². The van der Waals surface area contributed by atoms with Crippen LogP contribution in [0.3, 0.4) is 0 Å². The van der Waals surface area contributed by atoms with Crippen molar-refractivity contribution in [3.8, 4) is 22.9 Å². The molecule has 0 aliphatic heterocycles. The fourth-order valence-corrected chi connectivity index (χ4v) is 2.40. The van der Waals surface area contributed by atoms with Crippen LogP contribution in [0.2, 0.25) is 0 Å². The molecule has 0 heterocycles. The third-order valence-electron chi connectivity index (χ3n) is 3.90. The second-order valence-corrected chi connectivity index (χ2v) is 5.77. The van der Waals surface area contributed by atoms with Crippen LogP contribution in [0.25, 0.3) is 11.1 Å². The van der Waals surface area contributed by atoms with Gasteiger partial charge in [-0.25, -0.2) is 4.79 Å². The van der Waals surface area contributed by atoms with Gasteiger partial charge < -0.3 is 9.47 Å². The average Bonchev–Trinajstić information content (AvgIpc) is 2.69. The van der Waals surface area contributed by atoms with E-state index in [2.05, 4.69) is 6.07 Å². The number of rotatable bonds is 5. The van der Waals surface area contributed by atoms with Gasteiger partial charge >= 0.3 is 5.97 Å². The molecule has 0 unspecified atom stereocenters. The van der Waals surface area contributed by atoms with Crippen molar-refractivity contribution < 1.29 is 14.3 Å². The van der Waals surface area contributed by atoms with Gasteiger partial charge in [-0.3, -0.25) is 0 Å². The van der Waals surface area contributed by atoms with E-state index in [0.29, 0.717) is 16.9 Å². The minimum absolute atomic E-state index is 0.150. The number of carbonyl (C=O) groups excluding carboxylic acids is 1. The van der Waals surface area contributed by atoms with E-state index in [1.807, 2.05) is 55.5 Å². The number of carbonyl (C=O) groups is 1. The molecule has 4 heteroatoms. The molecule has 0 saturated heterocycles. The minimum atomic E-state index is -0.417.